The first-order valence-electron chi connectivity index (χ1n) is 11.8. The summed E-state index contributed by atoms with van der Waals surface area (Å²) in [5, 5.41) is 21.5. The molecule has 1 aliphatic heterocycles. The minimum absolute atomic E-state index is 0.0666. The van der Waals surface area contributed by atoms with Crippen molar-refractivity contribution in [2.75, 3.05) is 39.9 Å². The number of nitrogens with one attached hydrogen (secondary N) is 1. The van der Waals surface area contributed by atoms with Gasteiger partial charge in [-0.1, -0.05) is 48.5 Å². The van der Waals surface area contributed by atoms with Crippen molar-refractivity contribution in [1.29, 1.82) is 0 Å². The first kappa shape index (κ1) is 24.7. The molecule has 2 atom stereocenters. The predicted octanol–water partition coefficient (Wildman–Crippen LogP) is 1.89. The lowest BCUT2D eigenvalue weighted by Crippen LogP contribution is -2.60. The van der Waals surface area contributed by atoms with Crippen molar-refractivity contribution in [3.8, 4) is 11.1 Å². The van der Waals surface area contributed by atoms with Crippen molar-refractivity contribution < 1.29 is 29.3 Å². The van der Waals surface area contributed by atoms with Crippen molar-refractivity contribution in [1.82, 2.24) is 15.1 Å². The van der Waals surface area contributed by atoms with Crippen LogP contribution < -0.4 is 5.32 Å². The summed E-state index contributed by atoms with van der Waals surface area (Å²) in [6.45, 7) is 1.38. The van der Waals surface area contributed by atoms with E-state index in [1.165, 1.54) is 4.90 Å². The summed E-state index contributed by atoms with van der Waals surface area (Å²) in [5.41, 5.74) is 4.36. The standard InChI is InChI=1S/C26H31N3O6/c1-28-12-13-29(17(14-28)15-30)25(33)23(10-11-24(31)32)27-26(34)35-16-22-20-8-4-2-6-18(20)19-7-3-5-9-21(19)22/h2-9,17,22-23,30H,10-16H2,1H3,(H,27,34)(H,31,32). The van der Waals surface area contributed by atoms with Gasteiger partial charge in [-0.3, -0.25) is 9.59 Å². The molecule has 9 heteroatoms. The Morgan fingerprint density at radius 1 is 1.06 bits per heavy atom. The number of hydrogen-bond acceptors (Lipinski definition) is 6. The predicted molar refractivity (Wildman–Crippen MR) is 129 cm³/mol. The first-order chi connectivity index (χ1) is 16.9. The minimum atomic E-state index is -1.06. The van der Waals surface area contributed by atoms with E-state index in [0.717, 1.165) is 22.3 Å². The fourth-order valence-electron chi connectivity index (χ4n) is 4.96. The Morgan fingerprint density at radius 2 is 1.69 bits per heavy atom. The number of ether oxygens (including phenoxy) is 1. The number of aliphatic carboxylic acids is 1. The van der Waals surface area contributed by atoms with Gasteiger partial charge in [0, 0.05) is 32.0 Å². The van der Waals surface area contributed by atoms with Crippen LogP contribution in [0.4, 0.5) is 4.79 Å². The average Bonchev–Trinajstić information content (AvgIpc) is 3.18. The number of rotatable bonds is 8. The lowest BCUT2D eigenvalue weighted by molar-refractivity contribution is -0.140. The fraction of sp³-hybridized carbons (Fsp3) is 0.423. The highest BCUT2D eigenvalue weighted by molar-refractivity contribution is 5.86. The number of benzene rings is 2. The smallest absolute Gasteiger partial charge is 0.407 e. The molecule has 1 aliphatic carbocycles. The molecular formula is C26H31N3O6. The van der Waals surface area contributed by atoms with Crippen molar-refractivity contribution in [2.24, 2.45) is 0 Å². The summed E-state index contributed by atoms with van der Waals surface area (Å²) in [4.78, 5) is 40.7. The molecule has 0 radical (unpaired) electrons. The van der Waals surface area contributed by atoms with E-state index < -0.39 is 30.1 Å². The van der Waals surface area contributed by atoms with Crippen LogP contribution in [0.1, 0.15) is 29.9 Å². The lowest BCUT2D eigenvalue weighted by Gasteiger charge is -2.40. The first-order valence-corrected chi connectivity index (χ1v) is 11.8. The van der Waals surface area contributed by atoms with Crippen LogP contribution in [0.25, 0.3) is 11.1 Å². The molecule has 0 bridgehead atoms. The molecule has 2 aromatic rings. The number of carboxylic acid groups (broad SMARTS) is 1. The second kappa shape index (κ2) is 10.9. The van der Waals surface area contributed by atoms with Crippen molar-refractivity contribution in [2.45, 2.75) is 30.8 Å². The summed E-state index contributed by atoms with van der Waals surface area (Å²) in [5.74, 6) is -1.60. The highest BCUT2D eigenvalue weighted by Crippen LogP contribution is 2.44. The number of aliphatic hydroxyl groups excluding tert-OH is 1. The number of aliphatic hydroxyl groups is 1. The summed E-state index contributed by atoms with van der Waals surface area (Å²) in [6, 6.07) is 14.5. The Kier molecular flexibility index (Phi) is 7.67. The summed E-state index contributed by atoms with van der Waals surface area (Å²) < 4.78 is 5.56. The molecule has 0 saturated carbocycles. The van der Waals surface area contributed by atoms with E-state index in [-0.39, 0.29) is 32.0 Å². The van der Waals surface area contributed by atoms with Crippen LogP contribution in [-0.4, -0.2) is 90.0 Å². The number of amides is 2. The molecule has 2 aromatic carbocycles. The van der Waals surface area contributed by atoms with Crippen LogP contribution in [0.2, 0.25) is 0 Å². The number of fused-ring (bicyclic) bond motifs is 3. The van der Waals surface area contributed by atoms with Gasteiger partial charge in [0.05, 0.1) is 12.6 Å². The number of hydrogen-bond donors (Lipinski definition) is 3. The molecule has 4 rings (SSSR count). The van der Waals surface area contributed by atoms with Gasteiger partial charge in [0.25, 0.3) is 0 Å². The number of carbonyl (C=O) groups is 3. The molecular weight excluding hydrogens is 450 g/mol. The Morgan fingerprint density at radius 3 is 2.29 bits per heavy atom. The third kappa shape index (κ3) is 5.47. The molecule has 0 aromatic heterocycles. The quantitative estimate of drug-likeness (QED) is 0.527. The zero-order valence-corrected chi connectivity index (χ0v) is 19.7. The largest absolute Gasteiger partial charge is 0.481 e. The van der Waals surface area contributed by atoms with E-state index in [2.05, 4.69) is 5.32 Å². The fourth-order valence-corrected chi connectivity index (χ4v) is 4.96. The van der Waals surface area contributed by atoms with E-state index in [0.29, 0.717) is 19.6 Å². The van der Waals surface area contributed by atoms with Crippen molar-refractivity contribution in [3.05, 3.63) is 59.7 Å². The van der Waals surface area contributed by atoms with Crippen LogP contribution in [-0.2, 0) is 14.3 Å². The minimum Gasteiger partial charge on any atom is -0.481 e. The van der Waals surface area contributed by atoms with Crippen LogP contribution in [0.5, 0.6) is 0 Å². The van der Waals surface area contributed by atoms with Crippen molar-refractivity contribution >= 4 is 18.0 Å². The summed E-state index contributed by atoms with van der Waals surface area (Å²) in [7, 11) is 1.90. The van der Waals surface area contributed by atoms with E-state index in [9.17, 15) is 19.5 Å². The SMILES string of the molecule is CN1CCN(C(=O)C(CCC(=O)O)NC(=O)OCC2c3ccccc3-c3ccccc32)C(CO)C1. The zero-order valence-electron chi connectivity index (χ0n) is 19.7. The molecule has 1 saturated heterocycles. The third-order valence-electron chi connectivity index (χ3n) is 6.76. The van der Waals surface area contributed by atoms with Crippen molar-refractivity contribution in [3.63, 3.8) is 0 Å². The zero-order chi connectivity index (χ0) is 24.9. The molecule has 2 unspecified atom stereocenters. The van der Waals surface area contributed by atoms with Crippen LogP contribution in [0.3, 0.4) is 0 Å². The van der Waals surface area contributed by atoms with Gasteiger partial charge >= 0.3 is 12.1 Å². The van der Waals surface area contributed by atoms with Gasteiger partial charge in [-0.05, 0) is 35.7 Å². The molecule has 1 fully saturated rings. The Bertz CT molecular complexity index is 1040. The normalized spacial score (nSPS) is 18.5. The molecule has 1 heterocycles. The Balaban J connectivity index is 1.44. The molecule has 2 aliphatic rings. The van der Waals surface area contributed by atoms with Gasteiger partial charge in [-0.25, -0.2) is 4.79 Å². The van der Waals surface area contributed by atoms with E-state index in [1.54, 1.807) is 0 Å². The topological polar surface area (TPSA) is 119 Å². The van der Waals surface area contributed by atoms with Crippen LogP contribution >= 0.6 is 0 Å². The van der Waals surface area contributed by atoms with E-state index in [1.807, 2.05) is 60.5 Å². The highest BCUT2D eigenvalue weighted by atomic mass is 16.5. The molecule has 0 spiro atoms. The van der Waals surface area contributed by atoms with E-state index in [4.69, 9.17) is 9.84 Å². The average molecular weight is 482 g/mol. The number of likely N-dealkylation sites (N-methyl/N-ethyl adjacent to an activating group) is 1. The second-order valence-electron chi connectivity index (χ2n) is 9.09. The monoisotopic (exact) mass is 481 g/mol. The van der Waals surface area contributed by atoms with Crippen LogP contribution in [0.15, 0.2) is 48.5 Å². The van der Waals surface area contributed by atoms with Gasteiger partial charge in [-0.15, -0.1) is 0 Å². The number of carboxylic acids is 1. The second-order valence-corrected chi connectivity index (χ2v) is 9.09. The highest BCUT2D eigenvalue weighted by Gasteiger charge is 2.35. The van der Waals surface area contributed by atoms with Gasteiger partial charge in [0.15, 0.2) is 0 Å². The number of carbonyl (C=O) groups excluding carboxylic acids is 2. The van der Waals surface area contributed by atoms with Gasteiger partial charge in [0.2, 0.25) is 5.91 Å². The third-order valence-corrected chi connectivity index (χ3v) is 6.76. The maximum absolute atomic E-state index is 13.2. The molecule has 9 nitrogen and oxygen atoms in total. The summed E-state index contributed by atoms with van der Waals surface area (Å²) >= 11 is 0. The van der Waals surface area contributed by atoms with Gasteiger partial charge in [-0.2, -0.15) is 0 Å². The van der Waals surface area contributed by atoms with E-state index >= 15 is 0 Å². The molecule has 2 amide bonds. The Labute approximate surface area is 204 Å². The van der Waals surface area contributed by atoms with Crippen LogP contribution in [0, 0.1) is 0 Å². The molecule has 35 heavy (non-hydrogen) atoms. The summed E-state index contributed by atoms with van der Waals surface area (Å²) in [6.07, 6.45) is -1.12. The maximum atomic E-state index is 13.2. The molecule has 3 N–H and O–H groups in total. The van der Waals surface area contributed by atoms with Gasteiger partial charge in [0.1, 0.15) is 12.6 Å². The molecule has 186 valence electrons. The number of alkyl carbamates (subject to hydrolysis) is 1. The Hall–Kier alpha value is -3.43. The number of piperazine rings is 1. The van der Waals surface area contributed by atoms with Gasteiger partial charge < -0.3 is 30.1 Å². The lowest BCUT2D eigenvalue weighted by atomic mass is 9.98. The number of nitrogens with zero attached hydrogens (tertiary/aromatic N) is 2. The maximum Gasteiger partial charge on any atom is 0.407 e.